The van der Waals surface area contributed by atoms with Crippen molar-refractivity contribution in [2.24, 2.45) is 0 Å². The van der Waals surface area contributed by atoms with Crippen LogP contribution in [0.4, 0.5) is 0 Å². The molecule has 1 heterocycles. The molecule has 0 aliphatic carbocycles. The Labute approximate surface area is 148 Å². The topological polar surface area (TPSA) is 88.4 Å². The van der Waals surface area contributed by atoms with Crippen molar-refractivity contribution in [3.05, 3.63) is 60.1 Å². The van der Waals surface area contributed by atoms with Gasteiger partial charge in [-0.2, -0.15) is 0 Å². The maximum atomic E-state index is 12.5. The number of hydrogen-bond acceptors (Lipinski definition) is 4. The quantitative estimate of drug-likeness (QED) is 0.773. The third-order valence-electron chi connectivity index (χ3n) is 3.10. The van der Waals surface area contributed by atoms with Gasteiger partial charge in [0.1, 0.15) is 5.76 Å². The fraction of sp³-hybridized carbons (Fsp3) is 0.278. The van der Waals surface area contributed by atoms with E-state index >= 15 is 0 Å². The summed E-state index contributed by atoms with van der Waals surface area (Å²) in [4.78, 5) is 12.0. The predicted molar refractivity (Wildman–Crippen MR) is 96.1 cm³/mol. The molecule has 0 unspecified atom stereocenters. The van der Waals surface area contributed by atoms with E-state index < -0.39 is 15.6 Å². The molecule has 0 spiro atoms. The van der Waals surface area contributed by atoms with Crippen LogP contribution in [0, 0.1) is 0 Å². The molecule has 7 heteroatoms. The van der Waals surface area contributed by atoms with Crippen LogP contribution in [0.3, 0.4) is 0 Å². The molecule has 2 aromatic rings. The lowest BCUT2D eigenvalue weighted by atomic mass is 10.1. The molecule has 0 fully saturated rings. The zero-order valence-corrected chi connectivity index (χ0v) is 15.3. The van der Waals surface area contributed by atoms with Crippen LogP contribution in [-0.4, -0.2) is 19.9 Å². The Morgan fingerprint density at radius 2 is 1.88 bits per heavy atom. The first-order chi connectivity index (χ1) is 11.7. The second kappa shape index (κ2) is 7.67. The maximum Gasteiger partial charge on any atom is 0.244 e. The molecule has 1 aromatic carbocycles. The van der Waals surface area contributed by atoms with Crippen molar-refractivity contribution in [2.45, 2.75) is 37.8 Å². The van der Waals surface area contributed by atoms with Crippen molar-refractivity contribution in [3.8, 4) is 0 Å². The predicted octanol–water partition coefficient (Wildman–Crippen LogP) is 2.69. The van der Waals surface area contributed by atoms with E-state index in [0.29, 0.717) is 11.3 Å². The number of carbonyl (C=O) groups is 1. The van der Waals surface area contributed by atoms with E-state index in [1.54, 1.807) is 57.2 Å². The molecule has 0 aliphatic heterocycles. The van der Waals surface area contributed by atoms with Gasteiger partial charge in [-0.25, -0.2) is 13.1 Å². The van der Waals surface area contributed by atoms with E-state index in [2.05, 4.69) is 10.0 Å². The van der Waals surface area contributed by atoms with Gasteiger partial charge in [0.15, 0.2) is 0 Å². The first kappa shape index (κ1) is 19.0. The summed E-state index contributed by atoms with van der Waals surface area (Å²) in [5.74, 6) is 0.222. The van der Waals surface area contributed by atoms with Gasteiger partial charge in [0.25, 0.3) is 0 Å². The summed E-state index contributed by atoms with van der Waals surface area (Å²) in [5.41, 5.74) is -0.0833. The lowest BCUT2D eigenvalue weighted by Crippen LogP contribution is -2.41. The van der Waals surface area contributed by atoms with Gasteiger partial charge < -0.3 is 9.73 Å². The minimum Gasteiger partial charge on any atom is -0.465 e. The Hall–Kier alpha value is -2.38. The molecule has 2 N–H and O–H groups in total. The minimum atomic E-state index is -3.68. The van der Waals surface area contributed by atoms with Crippen LogP contribution in [0.2, 0.25) is 0 Å². The molecule has 134 valence electrons. The number of furan rings is 1. The van der Waals surface area contributed by atoms with Gasteiger partial charge in [0.2, 0.25) is 15.9 Å². The Kier molecular flexibility index (Phi) is 5.81. The molecule has 0 atom stereocenters. The fourth-order valence-electron chi connectivity index (χ4n) is 2.16. The normalized spacial score (nSPS) is 12.4. The molecule has 0 bridgehead atoms. The Bertz CT molecular complexity index is 847. The van der Waals surface area contributed by atoms with Gasteiger partial charge in [-0.3, -0.25) is 4.79 Å². The van der Waals surface area contributed by atoms with Crippen molar-refractivity contribution >= 4 is 22.0 Å². The van der Waals surface area contributed by atoms with Crippen LogP contribution in [0.15, 0.2) is 58.1 Å². The summed E-state index contributed by atoms with van der Waals surface area (Å²) in [6.07, 6.45) is 4.39. The van der Waals surface area contributed by atoms with Gasteiger partial charge in [-0.05, 0) is 50.6 Å². The highest BCUT2D eigenvalue weighted by atomic mass is 32.2. The summed E-state index contributed by atoms with van der Waals surface area (Å²) in [6.45, 7) is 5.42. The number of rotatable bonds is 6. The standard InChI is InChI=1S/C18H22N2O4S/c1-18(2,3)20-25(22,23)16-9-5-4-7-14(16)13-19-17(21)11-10-15-8-6-12-24-15/h4-12,20H,13H2,1-3H3,(H,19,21)/b11-10+. The van der Waals surface area contributed by atoms with Crippen LogP contribution in [-0.2, 0) is 21.4 Å². The highest BCUT2D eigenvalue weighted by Gasteiger charge is 2.24. The van der Waals surface area contributed by atoms with Crippen LogP contribution < -0.4 is 10.0 Å². The number of sulfonamides is 1. The molecule has 1 amide bonds. The van der Waals surface area contributed by atoms with Gasteiger partial charge in [0.05, 0.1) is 11.2 Å². The van der Waals surface area contributed by atoms with E-state index in [9.17, 15) is 13.2 Å². The summed E-state index contributed by atoms with van der Waals surface area (Å²) >= 11 is 0. The monoisotopic (exact) mass is 362 g/mol. The molecule has 6 nitrogen and oxygen atoms in total. The molecule has 1 aromatic heterocycles. The lowest BCUT2D eigenvalue weighted by Gasteiger charge is -2.21. The van der Waals surface area contributed by atoms with E-state index in [1.165, 1.54) is 18.4 Å². The highest BCUT2D eigenvalue weighted by molar-refractivity contribution is 7.89. The van der Waals surface area contributed by atoms with Gasteiger partial charge in [-0.15, -0.1) is 0 Å². The zero-order valence-electron chi connectivity index (χ0n) is 14.4. The fourth-order valence-corrected chi connectivity index (χ4v) is 3.81. The lowest BCUT2D eigenvalue weighted by molar-refractivity contribution is -0.116. The van der Waals surface area contributed by atoms with E-state index in [-0.39, 0.29) is 17.3 Å². The van der Waals surface area contributed by atoms with Gasteiger partial charge in [0, 0.05) is 18.2 Å². The van der Waals surface area contributed by atoms with E-state index in [1.807, 2.05) is 0 Å². The summed E-state index contributed by atoms with van der Waals surface area (Å²) < 4.78 is 32.8. The molecular weight excluding hydrogens is 340 g/mol. The summed E-state index contributed by atoms with van der Waals surface area (Å²) in [7, 11) is -3.68. The Morgan fingerprint density at radius 3 is 2.52 bits per heavy atom. The molecule has 0 radical (unpaired) electrons. The first-order valence-electron chi connectivity index (χ1n) is 7.79. The number of carbonyl (C=O) groups excluding carboxylic acids is 1. The van der Waals surface area contributed by atoms with E-state index in [0.717, 1.165) is 0 Å². The average Bonchev–Trinajstić information content (AvgIpc) is 3.02. The maximum absolute atomic E-state index is 12.5. The third kappa shape index (κ3) is 5.88. The molecule has 0 aliphatic rings. The third-order valence-corrected chi connectivity index (χ3v) is 4.96. The van der Waals surface area contributed by atoms with Crippen LogP contribution in [0.5, 0.6) is 0 Å². The smallest absolute Gasteiger partial charge is 0.244 e. The van der Waals surface area contributed by atoms with Crippen molar-refractivity contribution in [1.29, 1.82) is 0 Å². The average molecular weight is 362 g/mol. The molecule has 0 saturated carbocycles. The summed E-state index contributed by atoms with van der Waals surface area (Å²) in [6, 6.07) is 10.0. The number of hydrogen-bond donors (Lipinski definition) is 2. The number of amides is 1. The van der Waals surface area contributed by atoms with Crippen molar-refractivity contribution in [2.75, 3.05) is 0 Å². The molecule has 25 heavy (non-hydrogen) atoms. The largest absolute Gasteiger partial charge is 0.465 e. The van der Waals surface area contributed by atoms with Gasteiger partial charge in [-0.1, -0.05) is 18.2 Å². The minimum absolute atomic E-state index is 0.0998. The van der Waals surface area contributed by atoms with Crippen molar-refractivity contribution in [3.63, 3.8) is 0 Å². The van der Waals surface area contributed by atoms with Crippen molar-refractivity contribution in [1.82, 2.24) is 10.0 Å². The Balaban J connectivity index is 2.09. The SMILES string of the molecule is CC(C)(C)NS(=O)(=O)c1ccccc1CNC(=O)/C=C/c1ccco1. The van der Waals surface area contributed by atoms with Gasteiger partial charge >= 0.3 is 0 Å². The second-order valence-corrected chi connectivity index (χ2v) is 8.18. The zero-order chi connectivity index (χ0) is 18.5. The molecule has 2 rings (SSSR count). The van der Waals surface area contributed by atoms with Crippen molar-refractivity contribution < 1.29 is 17.6 Å². The summed E-state index contributed by atoms with van der Waals surface area (Å²) in [5, 5.41) is 2.68. The van der Waals surface area contributed by atoms with Crippen LogP contribution >= 0.6 is 0 Å². The second-order valence-electron chi connectivity index (χ2n) is 6.53. The molecular formula is C18H22N2O4S. The number of benzene rings is 1. The first-order valence-corrected chi connectivity index (χ1v) is 9.27. The van der Waals surface area contributed by atoms with Crippen LogP contribution in [0.25, 0.3) is 6.08 Å². The highest BCUT2D eigenvalue weighted by Crippen LogP contribution is 2.17. The van der Waals surface area contributed by atoms with Crippen LogP contribution in [0.1, 0.15) is 32.1 Å². The molecule has 0 saturated heterocycles. The Morgan fingerprint density at radius 1 is 1.16 bits per heavy atom. The number of nitrogens with one attached hydrogen (secondary N) is 2. The van der Waals surface area contributed by atoms with E-state index in [4.69, 9.17) is 4.42 Å².